The number of aliphatic hydroxyl groups is 1. The van der Waals surface area contributed by atoms with E-state index in [-0.39, 0.29) is 5.92 Å². The van der Waals surface area contributed by atoms with Gasteiger partial charge in [0.05, 0.1) is 18.8 Å². The summed E-state index contributed by atoms with van der Waals surface area (Å²) in [7, 11) is 0. The summed E-state index contributed by atoms with van der Waals surface area (Å²) in [4.78, 5) is 2.46. The molecule has 4 rings (SSSR count). The van der Waals surface area contributed by atoms with Gasteiger partial charge in [0.1, 0.15) is 11.3 Å². The van der Waals surface area contributed by atoms with E-state index in [1.54, 1.807) is 0 Å². The minimum atomic E-state index is -0.626. The van der Waals surface area contributed by atoms with Gasteiger partial charge in [-0.3, -0.25) is 4.90 Å². The summed E-state index contributed by atoms with van der Waals surface area (Å²) < 4.78 is 11.6. The van der Waals surface area contributed by atoms with Crippen molar-refractivity contribution < 1.29 is 14.3 Å². The topological polar surface area (TPSA) is 45.8 Å². The molecule has 0 amide bonds. The highest BCUT2D eigenvalue weighted by atomic mass is 16.5. The predicted molar refractivity (Wildman–Crippen MR) is 89.2 cm³/mol. The van der Waals surface area contributed by atoms with Gasteiger partial charge in [-0.1, -0.05) is 18.2 Å². The molecular weight excluding hydrogens is 290 g/mol. The zero-order valence-electron chi connectivity index (χ0n) is 13.7. The van der Waals surface area contributed by atoms with E-state index in [0.29, 0.717) is 19.3 Å². The fourth-order valence-electron chi connectivity index (χ4n) is 4.20. The first kappa shape index (κ1) is 15.2. The maximum atomic E-state index is 10.8. The van der Waals surface area contributed by atoms with Crippen molar-refractivity contribution in [3.8, 4) is 0 Å². The molecular formula is C19H25NO3. The van der Waals surface area contributed by atoms with Crippen molar-refractivity contribution in [2.24, 2.45) is 5.92 Å². The first-order valence-corrected chi connectivity index (χ1v) is 8.65. The first-order valence-electron chi connectivity index (χ1n) is 8.65. The Bertz CT molecular complexity index is 645. The summed E-state index contributed by atoms with van der Waals surface area (Å²) in [5.41, 5.74) is 0.325. The smallest absolute Gasteiger partial charge is 0.134 e. The summed E-state index contributed by atoms with van der Waals surface area (Å²) >= 11 is 0. The summed E-state index contributed by atoms with van der Waals surface area (Å²) in [5.74, 6) is 1.19. The number of hydrogen-bond acceptors (Lipinski definition) is 4. The van der Waals surface area contributed by atoms with Gasteiger partial charge in [0, 0.05) is 24.0 Å². The van der Waals surface area contributed by atoms with Gasteiger partial charge in [0.2, 0.25) is 0 Å². The molecule has 0 radical (unpaired) electrons. The third-order valence-corrected chi connectivity index (χ3v) is 5.56. The van der Waals surface area contributed by atoms with E-state index < -0.39 is 5.60 Å². The van der Waals surface area contributed by atoms with Crippen molar-refractivity contribution in [2.45, 2.75) is 44.4 Å². The third-order valence-electron chi connectivity index (χ3n) is 5.56. The third kappa shape index (κ3) is 2.91. The maximum absolute atomic E-state index is 10.8. The van der Waals surface area contributed by atoms with Gasteiger partial charge in [-0.15, -0.1) is 0 Å². The van der Waals surface area contributed by atoms with Gasteiger partial charge in [-0.05, 0) is 44.9 Å². The molecule has 2 aliphatic rings. The molecule has 0 aliphatic carbocycles. The number of fused-ring (bicyclic) bond motifs is 1. The van der Waals surface area contributed by atoms with Gasteiger partial charge >= 0.3 is 0 Å². The maximum Gasteiger partial charge on any atom is 0.134 e. The molecule has 4 heteroatoms. The van der Waals surface area contributed by atoms with E-state index in [2.05, 4.69) is 17.0 Å². The SMILES string of the molecule is C[C@]1(O)CCOC[C@@H]1[C@@H]1CCCN1Cc1cc2ccccc2o1. The zero-order valence-corrected chi connectivity index (χ0v) is 13.7. The molecule has 124 valence electrons. The van der Waals surface area contributed by atoms with Crippen LogP contribution in [0.15, 0.2) is 34.7 Å². The fraction of sp³-hybridized carbons (Fsp3) is 0.579. The molecule has 0 bridgehead atoms. The minimum absolute atomic E-state index is 0.183. The van der Waals surface area contributed by atoms with Crippen molar-refractivity contribution in [3.05, 3.63) is 36.1 Å². The number of furan rings is 1. The number of hydrogen-bond donors (Lipinski definition) is 1. The molecule has 1 aromatic carbocycles. The van der Waals surface area contributed by atoms with Crippen LogP contribution in [-0.2, 0) is 11.3 Å². The van der Waals surface area contributed by atoms with Crippen LogP contribution in [0.4, 0.5) is 0 Å². The van der Waals surface area contributed by atoms with E-state index in [0.717, 1.165) is 42.7 Å². The molecule has 3 heterocycles. The summed E-state index contributed by atoms with van der Waals surface area (Å²) in [6.07, 6.45) is 3.04. The second kappa shape index (κ2) is 5.93. The number of nitrogens with zero attached hydrogens (tertiary/aromatic N) is 1. The van der Waals surface area contributed by atoms with Crippen LogP contribution in [0.25, 0.3) is 11.0 Å². The molecule has 23 heavy (non-hydrogen) atoms. The summed E-state index contributed by atoms with van der Waals surface area (Å²) in [6.45, 7) is 5.17. The number of likely N-dealkylation sites (tertiary alicyclic amines) is 1. The second-order valence-electron chi connectivity index (χ2n) is 7.22. The quantitative estimate of drug-likeness (QED) is 0.945. The Kier molecular flexibility index (Phi) is 3.92. The van der Waals surface area contributed by atoms with E-state index in [1.165, 1.54) is 6.42 Å². The van der Waals surface area contributed by atoms with Gasteiger partial charge < -0.3 is 14.3 Å². The fourth-order valence-corrected chi connectivity index (χ4v) is 4.20. The Morgan fingerprint density at radius 3 is 3.04 bits per heavy atom. The number of para-hydroxylation sites is 1. The highest BCUT2D eigenvalue weighted by Gasteiger charge is 2.44. The lowest BCUT2D eigenvalue weighted by molar-refractivity contribution is -0.124. The van der Waals surface area contributed by atoms with Crippen molar-refractivity contribution in [3.63, 3.8) is 0 Å². The summed E-state index contributed by atoms with van der Waals surface area (Å²) in [5, 5.41) is 11.9. The average molecular weight is 315 g/mol. The average Bonchev–Trinajstić information content (AvgIpc) is 3.13. The number of ether oxygens (including phenoxy) is 1. The Morgan fingerprint density at radius 1 is 1.35 bits per heavy atom. The van der Waals surface area contributed by atoms with Gasteiger partial charge in [-0.25, -0.2) is 0 Å². The van der Waals surface area contributed by atoms with E-state index >= 15 is 0 Å². The number of benzene rings is 1. The highest BCUT2D eigenvalue weighted by Crippen LogP contribution is 2.36. The van der Waals surface area contributed by atoms with Crippen LogP contribution < -0.4 is 0 Å². The Balaban J connectivity index is 1.53. The van der Waals surface area contributed by atoms with Crippen LogP contribution in [0, 0.1) is 5.92 Å². The lowest BCUT2D eigenvalue weighted by Gasteiger charge is -2.43. The van der Waals surface area contributed by atoms with Crippen molar-refractivity contribution in [1.82, 2.24) is 4.90 Å². The van der Waals surface area contributed by atoms with Crippen LogP contribution in [-0.4, -0.2) is 41.4 Å². The Morgan fingerprint density at radius 2 is 2.22 bits per heavy atom. The highest BCUT2D eigenvalue weighted by molar-refractivity contribution is 5.77. The monoisotopic (exact) mass is 315 g/mol. The van der Waals surface area contributed by atoms with Crippen LogP contribution in [0.1, 0.15) is 31.9 Å². The lowest BCUT2D eigenvalue weighted by atomic mass is 9.79. The van der Waals surface area contributed by atoms with E-state index in [9.17, 15) is 5.11 Å². The largest absolute Gasteiger partial charge is 0.460 e. The Hall–Kier alpha value is -1.36. The molecule has 4 nitrogen and oxygen atoms in total. The van der Waals surface area contributed by atoms with E-state index in [1.807, 2.05) is 25.1 Å². The molecule has 2 aromatic rings. The van der Waals surface area contributed by atoms with Gasteiger partial charge in [-0.2, -0.15) is 0 Å². The molecule has 2 fully saturated rings. The predicted octanol–water partition coefficient (Wildman–Crippen LogP) is 3.18. The molecule has 1 aromatic heterocycles. The van der Waals surface area contributed by atoms with Crippen molar-refractivity contribution in [2.75, 3.05) is 19.8 Å². The molecule has 3 atom stereocenters. The van der Waals surface area contributed by atoms with Gasteiger partial charge in [0.25, 0.3) is 0 Å². The minimum Gasteiger partial charge on any atom is -0.460 e. The molecule has 0 unspecified atom stereocenters. The second-order valence-corrected chi connectivity index (χ2v) is 7.22. The first-order chi connectivity index (χ1) is 11.1. The molecule has 2 aliphatic heterocycles. The van der Waals surface area contributed by atoms with Crippen molar-refractivity contribution >= 4 is 11.0 Å². The van der Waals surface area contributed by atoms with Crippen LogP contribution in [0.3, 0.4) is 0 Å². The van der Waals surface area contributed by atoms with Crippen LogP contribution >= 0.6 is 0 Å². The summed E-state index contributed by atoms with van der Waals surface area (Å²) in [6, 6.07) is 10.7. The Labute approximate surface area is 137 Å². The number of rotatable bonds is 3. The lowest BCUT2D eigenvalue weighted by Crippen LogP contribution is -2.52. The molecule has 0 spiro atoms. The molecule has 1 N–H and O–H groups in total. The van der Waals surface area contributed by atoms with E-state index in [4.69, 9.17) is 9.15 Å². The molecule has 2 saturated heterocycles. The van der Waals surface area contributed by atoms with Gasteiger partial charge in [0.15, 0.2) is 0 Å². The standard InChI is InChI=1S/C19H25NO3/c1-19(21)8-10-22-13-16(19)17-6-4-9-20(17)12-15-11-14-5-2-3-7-18(14)23-15/h2-3,5,7,11,16-17,21H,4,6,8-10,12-13H2,1H3/t16-,17+,19+/m1/s1. The normalized spacial score (nSPS) is 32.6. The van der Waals surface area contributed by atoms with Crippen LogP contribution in [0.5, 0.6) is 0 Å². The zero-order chi connectivity index (χ0) is 15.9. The van der Waals surface area contributed by atoms with Crippen LogP contribution in [0.2, 0.25) is 0 Å². The van der Waals surface area contributed by atoms with Crippen molar-refractivity contribution in [1.29, 1.82) is 0 Å². The molecule has 0 saturated carbocycles.